The second-order valence-electron chi connectivity index (χ2n) is 7.07. The Kier molecular flexibility index (Phi) is 4.88. The quantitative estimate of drug-likeness (QED) is 0.789. The molecular formula is C18H27NO2S. The van der Waals surface area contributed by atoms with Crippen molar-refractivity contribution < 1.29 is 9.53 Å². The van der Waals surface area contributed by atoms with Gasteiger partial charge in [0.25, 0.3) is 0 Å². The van der Waals surface area contributed by atoms with Gasteiger partial charge in [0.15, 0.2) is 0 Å². The molecule has 1 aromatic heterocycles. The lowest BCUT2D eigenvalue weighted by Crippen LogP contribution is -2.44. The lowest BCUT2D eigenvalue weighted by molar-refractivity contribution is -0.160. The number of piperidine rings is 1. The van der Waals surface area contributed by atoms with Gasteiger partial charge in [-0.2, -0.15) is 0 Å². The molecule has 3 nitrogen and oxygen atoms in total. The minimum absolute atomic E-state index is 0.0106. The molecule has 1 aliphatic heterocycles. The number of esters is 1. The van der Waals surface area contributed by atoms with Crippen molar-refractivity contribution in [2.24, 2.45) is 5.92 Å². The Morgan fingerprint density at radius 3 is 2.55 bits per heavy atom. The standard InChI is InChI=1S/C18H27NO2S/c1-18(14-6-3-4-7-14,16-8-5-13-22-16)17(20)21-15-9-11-19(2)12-10-15/h5,8,13-15H,3-4,6-7,9-12H2,1-2H3/t18-/m1/s1. The number of hydrogen-bond donors (Lipinski definition) is 0. The van der Waals surface area contributed by atoms with E-state index in [1.54, 1.807) is 11.3 Å². The largest absolute Gasteiger partial charge is 0.462 e. The SMILES string of the molecule is CN1CCC(OC(=O)[C@@](C)(c2cccs2)C2CCCC2)CC1. The number of nitrogens with zero attached hydrogens (tertiary/aromatic N) is 1. The van der Waals surface area contributed by atoms with Crippen LogP contribution < -0.4 is 0 Å². The monoisotopic (exact) mass is 321 g/mol. The number of ether oxygens (including phenoxy) is 1. The highest BCUT2D eigenvalue weighted by Gasteiger charge is 2.46. The van der Waals surface area contributed by atoms with Gasteiger partial charge in [-0.05, 0) is 57.0 Å². The highest BCUT2D eigenvalue weighted by Crippen LogP contribution is 2.45. The zero-order chi connectivity index (χ0) is 15.6. The third-order valence-corrected chi connectivity index (χ3v) is 6.68. The Bertz CT molecular complexity index is 487. The van der Waals surface area contributed by atoms with Gasteiger partial charge in [-0.15, -0.1) is 11.3 Å². The van der Waals surface area contributed by atoms with E-state index in [0.29, 0.717) is 5.92 Å². The Morgan fingerprint density at radius 2 is 1.95 bits per heavy atom. The van der Waals surface area contributed by atoms with Gasteiger partial charge in [-0.25, -0.2) is 0 Å². The Morgan fingerprint density at radius 1 is 1.27 bits per heavy atom. The first-order valence-corrected chi connectivity index (χ1v) is 9.42. The molecule has 22 heavy (non-hydrogen) atoms. The van der Waals surface area contributed by atoms with Crippen molar-refractivity contribution >= 4 is 17.3 Å². The number of carbonyl (C=O) groups excluding carboxylic acids is 1. The summed E-state index contributed by atoms with van der Waals surface area (Å²) in [6.45, 7) is 4.17. The predicted molar refractivity (Wildman–Crippen MR) is 90.2 cm³/mol. The zero-order valence-corrected chi connectivity index (χ0v) is 14.5. The van der Waals surface area contributed by atoms with Crippen LogP contribution in [0.5, 0.6) is 0 Å². The van der Waals surface area contributed by atoms with Crippen molar-refractivity contribution in [2.45, 2.75) is 57.0 Å². The molecule has 2 heterocycles. The van der Waals surface area contributed by atoms with Gasteiger partial charge < -0.3 is 9.64 Å². The van der Waals surface area contributed by atoms with E-state index in [1.807, 2.05) is 0 Å². The van der Waals surface area contributed by atoms with Gasteiger partial charge in [-0.1, -0.05) is 18.9 Å². The maximum atomic E-state index is 13.1. The molecule has 0 unspecified atom stereocenters. The lowest BCUT2D eigenvalue weighted by Gasteiger charge is -2.36. The Labute approximate surface area is 137 Å². The topological polar surface area (TPSA) is 29.5 Å². The molecule has 1 aliphatic carbocycles. The maximum Gasteiger partial charge on any atom is 0.317 e. The summed E-state index contributed by atoms with van der Waals surface area (Å²) in [5.74, 6) is 0.446. The van der Waals surface area contributed by atoms with Crippen molar-refractivity contribution in [1.82, 2.24) is 4.90 Å². The van der Waals surface area contributed by atoms with Crippen molar-refractivity contribution in [2.75, 3.05) is 20.1 Å². The van der Waals surface area contributed by atoms with Crippen LogP contribution in [0.1, 0.15) is 50.3 Å². The van der Waals surface area contributed by atoms with Crippen LogP contribution in [0.3, 0.4) is 0 Å². The summed E-state index contributed by atoms with van der Waals surface area (Å²) in [6, 6.07) is 4.16. The van der Waals surface area contributed by atoms with Gasteiger partial charge in [-0.3, -0.25) is 4.79 Å². The van der Waals surface area contributed by atoms with E-state index in [0.717, 1.165) is 38.8 Å². The predicted octanol–water partition coefficient (Wildman–Crippen LogP) is 3.83. The average molecular weight is 321 g/mol. The van der Waals surface area contributed by atoms with Crippen LogP contribution in [0.4, 0.5) is 0 Å². The summed E-state index contributed by atoms with van der Waals surface area (Å²) in [6.07, 6.45) is 6.82. The van der Waals surface area contributed by atoms with E-state index >= 15 is 0 Å². The number of rotatable bonds is 4. The second kappa shape index (κ2) is 6.71. The summed E-state index contributed by atoms with van der Waals surface area (Å²) < 4.78 is 5.98. The van der Waals surface area contributed by atoms with Crippen molar-refractivity contribution in [3.8, 4) is 0 Å². The van der Waals surface area contributed by atoms with Crippen molar-refractivity contribution in [3.05, 3.63) is 22.4 Å². The molecule has 1 saturated heterocycles. The van der Waals surface area contributed by atoms with E-state index in [4.69, 9.17) is 4.74 Å². The molecule has 0 N–H and O–H groups in total. The highest BCUT2D eigenvalue weighted by molar-refractivity contribution is 7.10. The van der Waals surface area contributed by atoms with Gasteiger partial charge in [0.05, 0.1) is 0 Å². The summed E-state index contributed by atoms with van der Waals surface area (Å²) in [5.41, 5.74) is -0.450. The van der Waals surface area contributed by atoms with E-state index < -0.39 is 5.41 Å². The maximum absolute atomic E-state index is 13.1. The fourth-order valence-electron chi connectivity index (χ4n) is 3.92. The van der Waals surface area contributed by atoms with Crippen LogP contribution in [-0.2, 0) is 14.9 Å². The summed E-state index contributed by atoms with van der Waals surface area (Å²) >= 11 is 1.70. The highest BCUT2D eigenvalue weighted by atomic mass is 32.1. The second-order valence-corrected chi connectivity index (χ2v) is 8.02. The molecule has 0 bridgehead atoms. The lowest BCUT2D eigenvalue weighted by atomic mass is 9.74. The molecule has 122 valence electrons. The average Bonchev–Trinajstić information content (AvgIpc) is 3.22. The minimum Gasteiger partial charge on any atom is -0.462 e. The van der Waals surface area contributed by atoms with E-state index in [9.17, 15) is 4.79 Å². The third-order valence-electron chi connectivity index (χ3n) is 5.57. The molecule has 1 aromatic rings. The molecule has 0 amide bonds. The van der Waals surface area contributed by atoms with Gasteiger partial charge >= 0.3 is 5.97 Å². The number of hydrogen-bond acceptors (Lipinski definition) is 4. The first-order chi connectivity index (χ1) is 10.6. The summed E-state index contributed by atoms with van der Waals surface area (Å²) in [7, 11) is 2.13. The molecular weight excluding hydrogens is 294 g/mol. The van der Waals surface area contributed by atoms with Gasteiger partial charge in [0.2, 0.25) is 0 Å². The molecule has 0 radical (unpaired) electrons. The first kappa shape index (κ1) is 16.0. The summed E-state index contributed by atoms with van der Waals surface area (Å²) in [5, 5.41) is 2.07. The summed E-state index contributed by atoms with van der Waals surface area (Å²) in [4.78, 5) is 16.6. The van der Waals surface area contributed by atoms with Crippen LogP contribution in [0.2, 0.25) is 0 Å². The van der Waals surface area contributed by atoms with E-state index in [-0.39, 0.29) is 12.1 Å². The fraction of sp³-hybridized carbons (Fsp3) is 0.722. The molecule has 2 fully saturated rings. The molecule has 0 aromatic carbocycles. The van der Waals surface area contributed by atoms with Crippen molar-refractivity contribution in [1.29, 1.82) is 0 Å². The van der Waals surface area contributed by atoms with Crippen LogP contribution in [0.25, 0.3) is 0 Å². The number of likely N-dealkylation sites (tertiary alicyclic amines) is 1. The van der Waals surface area contributed by atoms with Crippen LogP contribution in [0.15, 0.2) is 17.5 Å². The Hall–Kier alpha value is -0.870. The smallest absolute Gasteiger partial charge is 0.317 e. The molecule has 1 saturated carbocycles. The normalized spacial score (nSPS) is 24.3. The first-order valence-electron chi connectivity index (χ1n) is 8.54. The van der Waals surface area contributed by atoms with Crippen LogP contribution >= 0.6 is 11.3 Å². The zero-order valence-electron chi connectivity index (χ0n) is 13.7. The molecule has 1 atom stereocenters. The Balaban J connectivity index is 1.75. The number of carbonyl (C=O) groups is 1. The van der Waals surface area contributed by atoms with Crippen LogP contribution in [0, 0.1) is 5.92 Å². The van der Waals surface area contributed by atoms with E-state index in [1.165, 1.54) is 17.7 Å². The van der Waals surface area contributed by atoms with Crippen LogP contribution in [-0.4, -0.2) is 37.1 Å². The molecule has 3 rings (SSSR count). The van der Waals surface area contributed by atoms with Gasteiger partial charge in [0, 0.05) is 18.0 Å². The number of thiophene rings is 1. The van der Waals surface area contributed by atoms with E-state index in [2.05, 4.69) is 36.4 Å². The van der Waals surface area contributed by atoms with Gasteiger partial charge in [0.1, 0.15) is 11.5 Å². The fourth-order valence-corrected chi connectivity index (χ4v) is 4.88. The molecule has 4 heteroatoms. The minimum atomic E-state index is -0.450. The molecule has 2 aliphatic rings. The van der Waals surface area contributed by atoms with Crippen molar-refractivity contribution in [3.63, 3.8) is 0 Å². The molecule has 0 spiro atoms. The third kappa shape index (κ3) is 3.09.